The maximum absolute atomic E-state index is 11.4. The summed E-state index contributed by atoms with van der Waals surface area (Å²) in [6.07, 6.45) is 1.83. The largest absolute Gasteiger partial charge is 0.299 e. The summed E-state index contributed by atoms with van der Waals surface area (Å²) in [6.45, 7) is 3.77. The summed E-state index contributed by atoms with van der Waals surface area (Å²) in [6, 6.07) is 8.35. The van der Waals surface area contributed by atoms with Crippen LogP contribution < -0.4 is 0 Å². The Kier molecular flexibility index (Phi) is 1.76. The van der Waals surface area contributed by atoms with Crippen LogP contribution in [0.15, 0.2) is 24.3 Å². The number of carbonyl (C=O) groups is 1. The quantitative estimate of drug-likeness (QED) is 0.639. The first kappa shape index (κ1) is 8.49. The van der Waals surface area contributed by atoms with Gasteiger partial charge in [-0.15, -0.1) is 0 Å². The van der Waals surface area contributed by atoms with Crippen molar-refractivity contribution in [3.63, 3.8) is 0 Å². The van der Waals surface area contributed by atoms with Crippen LogP contribution in [0.4, 0.5) is 0 Å². The third-order valence-electron chi connectivity index (χ3n) is 3.13. The van der Waals surface area contributed by atoms with E-state index in [1.807, 2.05) is 12.1 Å². The van der Waals surface area contributed by atoms with Crippen LogP contribution in [0, 0.1) is 5.41 Å². The van der Waals surface area contributed by atoms with E-state index in [0.717, 1.165) is 12.8 Å². The van der Waals surface area contributed by atoms with Crippen molar-refractivity contribution in [1.82, 2.24) is 0 Å². The van der Waals surface area contributed by atoms with Crippen molar-refractivity contribution in [2.75, 3.05) is 0 Å². The zero-order chi connectivity index (χ0) is 9.47. The van der Waals surface area contributed by atoms with E-state index in [4.69, 9.17) is 0 Å². The lowest BCUT2D eigenvalue weighted by Gasteiger charge is -2.18. The van der Waals surface area contributed by atoms with E-state index < -0.39 is 0 Å². The summed E-state index contributed by atoms with van der Waals surface area (Å²) in [5.74, 6) is 0.309. The van der Waals surface area contributed by atoms with E-state index in [1.54, 1.807) is 6.92 Å². The molecule has 68 valence electrons. The molecule has 13 heavy (non-hydrogen) atoms. The van der Waals surface area contributed by atoms with E-state index in [2.05, 4.69) is 19.1 Å². The molecule has 0 unspecified atom stereocenters. The molecule has 0 aliphatic heterocycles. The number of hydrogen-bond donors (Lipinski definition) is 0. The van der Waals surface area contributed by atoms with Crippen LogP contribution in [-0.4, -0.2) is 5.78 Å². The topological polar surface area (TPSA) is 17.1 Å². The Morgan fingerprint density at radius 1 is 1.23 bits per heavy atom. The van der Waals surface area contributed by atoms with Gasteiger partial charge in [0.1, 0.15) is 5.78 Å². The van der Waals surface area contributed by atoms with Crippen molar-refractivity contribution in [3.8, 4) is 0 Å². The Labute approximate surface area is 78.8 Å². The molecule has 1 aromatic carbocycles. The minimum absolute atomic E-state index is 0.135. The molecule has 1 aromatic rings. The fourth-order valence-corrected chi connectivity index (χ4v) is 2.05. The second kappa shape index (κ2) is 2.69. The molecule has 1 aliphatic carbocycles. The SMILES string of the molecule is CC(=O)C1(C)Cc2ccccc2C1. The summed E-state index contributed by atoms with van der Waals surface area (Å²) in [5, 5.41) is 0. The fourth-order valence-electron chi connectivity index (χ4n) is 2.05. The Morgan fingerprint density at radius 2 is 1.69 bits per heavy atom. The van der Waals surface area contributed by atoms with Gasteiger partial charge < -0.3 is 0 Å². The van der Waals surface area contributed by atoms with Gasteiger partial charge in [0.15, 0.2) is 0 Å². The van der Waals surface area contributed by atoms with Crippen LogP contribution in [0.5, 0.6) is 0 Å². The molecule has 2 rings (SSSR count). The highest BCUT2D eigenvalue weighted by Crippen LogP contribution is 2.36. The number of hydrogen-bond acceptors (Lipinski definition) is 1. The standard InChI is InChI=1S/C12H14O/c1-9(13)12(2)7-10-5-3-4-6-11(10)8-12/h3-6H,7-8H2,1-2H3. The molecule has 0 atom stereocenters. The van der Waals surface area contributed by atoms with Crippen molar-refractivity contribution in [2.45, 2.75) is 26.7 Å². The minimum Gasteiger partial charge on any atom is -0.299 e. The Bertz CT molecular complexity index is 327. The van der Waals surface area contributed by atoms with Crippen molar-refractivity contribution in [2.24, 2.45) is 5.41 Å². The second-order valence-corrected chi connectivity index (χ2v) is 4.24. The predicted octanol–water partition coefficient (Wildman–Crippen LogP) is 2.38. The van der Waals surface area contributed by atoms with Gasteiger partial charge in [0.25, 0.3) is 0 Å². The fraction of sp³-hybridized carbons (Fsp3) is 0.417. The maximum Gasteiger partial charge on any atom is 0.136 e. The molecule has 0 radical (unpaired) electrons. The predicted molar refractivity (Wildman–Crippen MR) is 52.6 cm³/mol. The van der Waals surface area contributed by atoms with Gasteiger partial charge in [0.2, 0.25) is 0 Å². The molecule has 1 aliphatic rings. The summed E-state index contributed by atoms with van der Waals surface area (Å²) < 4.78 is 0. The molecule has 0 amide bonds. The van der Waals surface area contributed by atoms with E-state index >= 15 is 0 Å². The zero-order valence-corrected chi connectivity index (χ0v) is 8.13. The van der Waals surface area contributed by atoms with Crippen molar-refractivity contribution >= 4 is 5.78 Å². The highest BCUT2D eigenvalue weighted by molar-refractivity contribution is 5.83. The smallest absolute Gasteiger partial charge is 0.136 e. The molecule has 0 saturated heterocycles. The second-order valence-electron chi connectivity index (χ2n) is 4.24. The van der Waals surface area contributed by atoms with Crippen LogP contribution in [0.2, 0.25) is 0 Å². The minimum atomic E-state index is -0.135. The summed E-state index contributed by atoms with van der Waals surface area (Å²) in [7, 11) is 0. The number of fused-ring (bicyclic) bond motifs is 1. The first-order valence-corrected chi connectivity index (χ1v) is 4.70. The van der Waals surface area contributed by atoms with Gasteiger partial charge in [-0.1, -0.05) is 31.2 Å². The van der Waals surface area contributed by atoms with Gasteiger partial charge in [-0.2, -0.15) is 0 Å². The van der Waals surface area contributed by atoms with Gasteiger partial charge >= 0.3 is 0 Å². The zero-order valence-electron chi connectivity index (χ0n) is 8.13. The van der Waals surface area contributed by atoms with Crippen molar-refractivity contribution in [3.05, 3.63) is 35.4 Å². The van der Waals surface area contributed by atoms with E-state index in [0.29, 0.717) is 5.78 Å². The molecule has 0 N–H and O–H groups in total. The summed E-state index contributed by atoms with van der Waals surface area (Å²) in [5.41, 5.74) is 2.56. The lowest BCUT2D eigenvalue weighted by atomic mass is 9.83. The number of carbonyl (C=O) groups excluding carboxylic acids is 1. The van der Waals surface area contributed by atoms with Crippen LogP contribution in [0.25, 0.3) is 0 Å². The summed E-state index contributed by atoms with van der Waals surface area (Å²) >= 11 is 0. The lowest BCUT2D eigenvalue weighted by molar-refractivity contribution is -0.125. The highest BCUT2D eigenvalue weighted by Gasteiger charge is 2.36. The molecular formula is C12H14O. The normalized spacial score (nSPS) is 18.3. The van der Waals surface area contributed by atoms with Gasteiger partial charge in [-0.25, -0.2) is 0 Å². The molecule has 0 saturated carbocycles. The molecule has 1 heteroatoms. The molecule has 0 heterocycles. The highest BCUT2D eigenvalue weighted by atomic mass is 16.1. The Balaban J connectivity index is 2.37. The first-order valence-electron chi connectivity index (χ1n) is 4.70. The van der Waals surface area contributed by atoms with Crippen LogP contribution in [0.1, 0.15) is 25.0 Å². The first-order chi connectivity index (χ1) is 6.12. The Hall–Kier alpha value is -1.11. The van der Waals surface area contributed by atoms with Gasteiger partial charge in [0.05, 0.1) is 0 Å². The lowest BCUT2D eigenvalue weighted by Crippen LogP contribution is -2.25. The average Bonchev–Trinajstić information content (AvgIpc) is 2.42. The number of benzene rings is 1. The number of ketones is 1. The molecule has 0 spiro atoms. The Morgan fingerprint density at radius 3 is 2.08 bits per heavy atom. The molecular weight excluding hydrogens is 160 g/mol. The van der Waals surface area contributed by atoms with Gasteiger partial charge in [0, 0.05) is 5.41 Å². The van der Waals surface area contributed by atoms with Crippen LogP contribution in [0.3, 0.4) is 0 Å². The van der Waals surface area contributed by atoms with Crippen LogP contribution >= 0.6 is 0 Å². The number of Topliss-reactive ketones (excluding diaryl/α,β-unsaturated/α-hetero) is 1. The van der Waals surface area contributed by atoms with E-state index in [9.17, 15) is 4.79 Å². The molecule has 0 fully saturated rings. The van der Waals surface area contributed by atoms with Gasteiger partial charge in [-0.05, 0) is 30.9 Å². The van der Waals surface area contributed by atoms with Crippen molar-refractivity contribution < 1.29 is 4.79 Å². The average molecular weight is 174 g/mol. The van der Waals surface area contributed by atoms with Crippen LogP contribution in [-0.2, 0) is 17.6 Å². The van der Waals surface area contributed by atoms with E-state index in [-0.39, 0.29) is 5.41 Å². The summed E-state index contributed by atoms with van der Waals surface area (Å²) in [4.78, 5) is 11.4. The third-order valence-corrected chi connectivity index (χ3v) is 3.13. The molecule has 1 nitrogen and oxygen atoms in total. The number of rotatable bonds is 1. The van der Waals surface area contributed by atoms with Gasteiger partial charge in [-0.3, -0.25) is 4.79 Å². The third kappa shape index (κ3) is 1.28. The monoisotopic (exact) mass is 174 g/mol. The van der Waals surface area contributed by atoms with Crippen molar-refractivity contribution in [1.29, 1.82) is 0 Å². The molecule has 0 bridgehead atoms. The van der Waals surface area contributed by atoms with E-state index in [1.165, 1.54) is 11.1 Å². The molecule has 0 aromatic heterocycles. The maximum atomic E-state index is 11.4.